The number of amides is 1. The second-order valence-electron chi connectivity index (χ2n) is 9.19. The van der Waals surface area contributed by atoms with Crippen LogP contribution in [0.15, 0.2) is 47.1 Å². The number of hydrogen-bond donors (Lipinski definition) is 3. The topological polar surface area (TPSA) is 114 Å². The highest BCUT2D eigenvalue weighted by molar-refractivity contribution is 14.1. The summed E-state index contributed by atoms with van der Waals surface area (Å²) in [6.07, 6.45) is 7.90. The van der Waals surface area contributed by atoms with Crippen molar-refractivity contribution < 1.29 is 33.7 Å². The van der Waals surface area contributed by atoms with Gasteiger partial charge in [0.2, 0.25) is 0 Å². The number of halogens is 1. The van der Waals surface area contributed by atoms with Crippen molar-refractivity contribution in [3.05, 3.63) is 47.1 Å². The molecule has 8 nitrogen and oxygen atoms in total. The summed E-state index contributed by atoms with van der Waals surface area (Å²) in [7, 11) is -2.30. The molecule has 0 radical (unpaired) electrons. The summed E-state index contributed by atoms with van der Waals surface area (Å²) < 4.78 is 19.3. The predicted molar refractivity (Wildman–Crippen MR) is 157 cm³/mol. The van der Waals surface area contributed by atoms with E-state index >= 15 is 0 Å². The second-order valence-corrected chi connectivity index (χ2v) is 14.6. The summed E-state index contributed by atoms with van der Waals surface area (Å²) >= 11 is 2.02. The first-order chi connectivity index (χ1) is 17.6. The van der Waals surface area contributed by atoms with E-state index in [1.165, 1.54) is 12.2 Å². The molecule has 3 N–H and O–H groups in total. The molecule has 10 heteroatoms. The second kappa shape index (κ2) is 17.2. The molecule has 0 aromatic rings. The summed E-state index contributed by atoms with van der Waals surface area (Å²) in [6, 6.07) is 2.52. The fourth-order valence-electron chi connectivity index (χ4n) is 4.40. The maximum Gasteiger partial charge on any atom is 0.407 e. The van der Waals surface area contributed by atoms with Crippen molar-refractivity contribution in [2.24, 2.45) is 5.92 Å². The summed E-state index contributed by atoms with van der Waals surface area (Å²) in [5, 5.41) is 24.8. The molecule has 0 bridgehead atoms. The molecule has 0 aromatic carbocycles. The third-order valence-corrected chi connectivity index (χ3v) is 12.1. The standard InChI is InChI=1S/C27H44INO7Si/c1-6-19-34-26(33)29-18-16-27(24(31)20-22(30)14-17-28,36-37(8-3,9-4)10-5)15-13-23-21(7-2)11-12-25(32)35-23/h6,11-15,17,21-24,30-31H,1,7-10,16,18-20H2,2-5H3,(H,29,33)/b15-13+,17-14-/t21-,22-,23-,24+,27-/m0/s1. The van der Waals surface area contributed by atoms with Gasteiger partial charge in [-0.15, -0.1) is 0 Å². The van der Waals surface area contributed by atoms with Crippen molar-refractivity contribution in [2.45, 2.75) is 89.0 Å². The van der Waals surface area contributed by atoms with E-state index in [4.69, 9.17) is 13.9 Å². The van der Waals surface area contributed by atoms with Crippen LogP contribution in [0.25, 0.3) is 0 Å². The highest BCUT2D eigenvalue weighted by Crippen LogP contribution is 2.36. The fraction of sp³-hybridized carbons (Fsp3) is 0.630. The average Bonchev–Trinajstić information content (AvgIpc) is 2.89. The van der Waals surface area contributed by atoms with Gasteiger partial charge in [-0.25, -0.2) is 9.59 Å². The molecule has 5 atom stereocenters. The first-order valence-electron chi connectivity index (χ1n) is 13.1. The van der Waals surface area contributed by atoms with E-state index in [1.54, 1.807) is 22.3 Å². The normalized spacial score (nSPS) is 21.4. The van der Waals surface area contributed by atoms with Gasteiger partial charge >= 0.3 is 12.1 Å². The van der Waals surface area contributed by atoms with Crippen molar-refractivity contribution in [1.82, 2.24) is 5.32 Å². The molecule has 1 heterocycles. The Morgan fingerprint density at radius 3 is 2.54 bits per heavy atom. The monoisotopic (exact) mass is 649 g/mol. The van der Waals surface area contributed by atoms with Gasteiger partial charge in [0, 0.05) is 25.0 Å². The number of esters is 1. The Hall–Kier alpha value is -1.47. The van der Waals surface area contributed by atoms with Gasteiger partial charge in [0.1, 0.15) is 18.3 Å². The first kappa shape index (κ1) is 33.6. The smallest absolute Gasteiger partial charge is 0.407 e. The number of ether oxygens (including phenoxy) is 2. The first-order valence-corrected chi connectivity index (χ1v) is 16.8. The third kappa shape index (κ3) is 10.7. The predicted octanol–water partition coefficient (Wildman–Crippen LogP) is 5.17. The molecule has 1 amide bonds. The molecular formula is C27H44INO7Si. The highest BCUT2D eigenvalue weighted by atomic mass is 127. The van der Waals surface area contributed by atoms with E-state index in [9.17, 15) is 19.8 Å². The summed E-state index contributed by atoms with van der Waals surface area (Å²) in [6.45, 7) is 12.1. The van der Waals surface area contributed by atoms with Gasteiger partial charge < -0.3 is 29.4 Å². The van der Waals surface area contributed by atoms with Gasteiger partial charge in [-0.2, -0.15) is 0 Å². The minimum Gasteiger partial charge on any atom is -0.454 e. The van der Waals surface area contributed by atoms with Crippen LogP contribution in [-0.4, -0.2) is 67.7 Å². The number of hydrogen-bond acceptors (Lipinski definition) is 7. The lowest BCUT2D eigenvalue weighted by atomic mass is 9.86. The minimum absolute atomic E-state index is 0.00568. The fourth-order valence-corrected chi connectivity index (χ4v) is 7.93. The molecule has 1 rings (SSSR count). The number of carbonyl (C=O) groups is 2. The number of carbonyl (C=O) groups excluding carboxylic acids is 2. The van der Waals surface area contributed by atoms with Gasteiger partial charge in [0.25, 0.3) is 0 Å². The van der Waals surface area contributed by atoms with Crippen LogP contribution in [0.2, 0.25) is 18.1 Å². The molecule has 0 aliphatic carbocycles. The van der Waals surface area contributed by atoms with Crippen molar-refractivity contribution in [1.29, 1.82) is 0 Å². The zero-order valence-corrected chi connectivity index (χ0v) is 25.7. The quantitative estimate of drug-likeness (QED) is 0.0862. The summed E-state index contributed by atoms with van der Waals surface area (Å²) in [5.41, 5.74) is -1.23. The Kier molecular flexibility index (Phi) is 15.6. The SMILES string of the molecule is C=CCOC(=O)NCC[C@](/C=C/[C@@H]1OC(=O)C=C[C@@H]1CC)(O[Si](CC)(CC)CC)[C@H](O)C[C@@H](O)/C=C\I. The summed E-state index contributed by atoms with van der Waals surface area (Å²) in [5.74, 6) is -0.422. The Labute approximate surface area is 236 Å². The van der Waals surface area contributed by atoms with Crippen LogP contribution in [0.1, 0.15) is 47.0 Å². The lowest BCUT2D eigenvalue weighted by Crippen LogP contribution is -2.54. The zero-order valence-electron chi connectivity index (χ0n) is 22.5. The molecule has 0 aromatic heterocycles. The average molecular weight is 650 g/mol. The Balaban J connectivity index is 3.47. The molecule has 1 aliphatic rings. The van der Waals surface area contributed by atoms with Gasteiger partial charge in [0.15, 0.2) is 8.32 Å². The van der Waals surface area contributed by atoms with Crippen LogP contribution < -0.4 is 5.32 Å². The lowest BCUT2D eigenvalue weighted by Gasteiger charge is -2.44. The van der Waals surface area contributed by atoms with Crippen molar-refractivity contribution in [3.63, 3.8) is 0 Å². The maximum atomic E-state index is 12.1. The maximum absolute atomic E-state index is 12.1. The number of rotatable bonds is 17. The number of nitrogens with one attached hydrogen (secondary N) is 1. The molecule has 0 fully saturated rings. The minimum atomic E-state index is -2.30. The van der Waals surface area contributed by atoms with E-state index in [0.717, 1.165) is 24.6 Å². The number of alkyl carbamates (subject to hydrolysis) is 1. The van der Waals surface area contributed by atoms with Crippen LogP contribution in [0.5, 0.6) is 0 Å². The molecule has 210 valence electrons. The molecule has 0 saturated heterocycles. The summed E-state index contributed by atoms with van der Waals surface area (Å²) in [4.78, 5) is 24.1. The Morgan fingerprint density at radius 2 is 1.97 bits per heavy atom. The van der Waals surface area contributed by atoms with Crippen molar-refractivity contribution in [3.8, 4) is 0 Å². The van der Waals surface area contributed by atoms with E-state index in [0.29, 0.717) is 0 Å². The molecule has 0 spiro atoms. The number of cyclic esters (lactones) is 1. The van der Waals surface area contributed by atoms with E-state index in [1.807, 2.05) is 35.6 Å². The number of aliphatic hydroxyl groups excluding tert-OH is 2. The van der Waals surface area contributed by atoms with Crippen LogP contribution in [-0.2, 0) is 18.7 Å². The van der Waals surface area contributed by atoms with Crippen LogP contribution in [0.3, 0.4) is 0 Å². The van der Waals surface area contributed by atoms with Crippen LogP contribution in [0.4, 0.5) is 4.79 Å². The van der Waals surface area contributed by atoms with Gasteiger partial charge in [-0.1, -0.05) is 81.2 Å². The van der Waals surface area contributed by atoms with Gasteiger partial charge in [-0.05, 0) is 41.1 Å². The molecule has 37 heavy (non-hydrogen) atoms. The Bertz CT molecular complexity index is 806. The molecule has 0 unspecified atom stereocenters. The van der Waals surface area contributed by atoms with E-state index in [2.05, 4.69) is 32.7 Å². The van der Waals surface area contributed by atoms with E-state index < -0.39 is 44.3 Å². The molecule has 1 aliphatic heterocycles. The lowest BCUT2D eigenvalue weighted by molar-refractivity contribution is -0.143. The zero-order chi connectivity index (χ0) is 27.9. The number of aliphatic hydroxyl groups is 2. The largest absolute Gasteiger partial charge is 0.454 e. The van der Waals surface area contributed by atoms with Gasteiger partial charge in [0.05, 0.1) is 12.2 Å². The van der Waals surface area contributed by atoms with Crippen molar-refractivity contribution >= 4 is 43.0 Å². The molecule has 0 saturated carbocycles. The highest BCUT2D eigenvalue weighted by Gasteiger charge is 2.44. The third-order valence-electron chi connectivity index (χ3n) is 6.97. The Morgan fingerprint density at radius 1 is 1.30 bits per heavy atom. The van der Waals surface area contributed by atoms with E-state index in [-0.39, 0.29) is 31.9 Å². The van der Waals surface area contributed by atoms with Crippen molar-refractivity contribution in [2.75, 3.05) is 13.2 Å². The van der Waals surface area contributed by atoms with Crippen LogP contribution in [0, 0.1) is 5.92 Å². The van der Waals surface area contributed by atoms with Gasteiger partial charge in [-0.3, -0.25) is 0 Å². The van der Waals surface area contributed by atoms with Crippen LogP contribution >= 0.6 is 22.6 Å². The molecular weight excluding hydrogens is 605 g/mol.